The molecular weight excluding hydrogens is 330 g/mol. The van der Waals surface area contributed by atoms with Gasteiger partial charge in [-0.05, 0) is 66.9 Å². The Morgan fingerprint density at radius 3 is 2.55 bits per heavy atom. The maximum atomic E-state index is 3.70. The number of nitrogens with one attached hydrogen (secondary N) is 1. The van der Waals surface area contributed by atoms with Crippen molar-refractivity contribution in [2.45, 2.75) is 40.2 Å². The smallest absolute Gasteiger partial charge is 0.0674 e. The lowest BCUT2D eigenvalue weighted by molar-refractivity contribution is 0.603. The van der Waals surface area contributed by atoms with Gasteiger partial charge in [-0.3, -0.25) is 0 Å². The molecule has 2 aromatic rings. The van der Waals surface area contributed by atoms with Gasteiger partial charge in [-0.15, -0.1) is 11.3 Å². The molecule has 3 heteroatoms. The lowest BCUT2D eigenvalue weighted by atomic mass is 9.97. The van der Waals surface area contributed by atoms with Gasteiger partial charge in [0.05, 0.1) is 6.04 Å². The van der Waals surface area contributed by atoms with Crippen molar-refractivity contribution >= 4 is 27.3 Å². The second-order valence-electron chi connectivity index (χ2n) is 5.30. The highest BCUT2D eigenvalue weighted by atomic mass is 79.9. The van der Waals surface area contributed by atoms with E-state index < -0.39 is 0 Å². The van der Waals surface area contributed by atoms with E-state index in [2.05, 4.69) is 73.2 Å². The molecule has 0 spiro atoms. The normalized spacial score (nSPS) is 12.7. The number of hydrogen-bond donors (Lipinski definition) is 1. The standard InChI is InChI=1S/C17H22BrNS/c1-5-8-19-17(16-10-15(18)13(4)20-16)14-9-11(2)6-7-12(14)3/h6-7,9-10,17,19H,5,8H2,1-4H3. The van der Waals surface area contributed by atoms with Gasteiger partial charge in [-0.1, -0.05) is 30.7 Å². The molecule has 1 nitrogen and oxygen atoms in total. The largest absolute Gasteiger partial charge is 0.306 e. The van der Waals surface area contributed by atoms with Crippen LogP contribution in [-0.2, 0) is 0 Å². The Kier molecular flexibility index (Phi) is 5.42. The van der Waals surface area contributed by atoms with Crippen LogP contribution in [0, 0.1) is 20.8 Å². The van der Waals surface area contributed by atoms with Crippen molar-refractivity contribution in [2.75, 3.05) is 6.54 Å². The predicted octanol–water partition coefficient (Wildman–Crippen LogP) is 5.52. The van der Waals surface area contributed by atoms with Gasteiger partial charge in [-0.25, -0.2) is 0 Å². The van der Waals surface area contributed by atoms with Crippen molar-refractivity contribution in [1.82, 2.24) is 5.32 Å². The number of rotatable bonds is 5. The zero-order chi connectivity index (χ0) is 14.7. The Hall–Kier alpha value is -0.640. The number of hydrogen-bond acceptors (Lipinski definition) is 2. The summed E-state index contributed by atoms with van der Waals surface area (Å²) in [6, 6.07) is 9.28. The Morgan fingerprint density at radius 2 is 1.95 bits per heavy atom. The van der Waals surface area contributed by atoms with Gasteiger partial charge in [0.2, 0.25) is 0 Å². The van der Waals surface area contributed by atoms with Crippen LogP contribution in [-0.4, -0.2) is 6.54 Å². The van der Waals surface area contributed by atoms with E-state index in [1.807, 2.05) is 11.3 Å². The summed E-state index contributed by atoms with van der Waals surface area (Å²) < 4.78 is 1.21. The second-order valence-corrected chi connectivity index (χ2v) is 7.44. The highest BCUT2D eigenvalue weighted by molar-refractivity contribution is 9.10. The molecule has 1 unspecified atom stereocenters. The first-order valence-electron chi connectivity index (χ1n) is 7.09. The topological polar surface area (TPSA) is 12.0 Å². The SMILES string of the molecule is CCCNC(c1cc(Br)c(C)s1)c1cc(C)ccc1C. The van der Waals surface area contributed by atoms with Gasteiger partial charge >= 0.3 is 0 Å². The van der Waals surface area contributed by atoms with Crippen LogP contribution < -0.4 is 5.32 Å². The number of thiophene rings is 1. The minimum Gasteiger partial charge on any atom is -0.306 e. The zero-order valence-electron chi connectivity index (χ0n) is 12.6. The van der Waals surface area contributed by atoms with E-state index in [0.29, 0.717) is 6.04 Å². The molecule has 0 aliphatic rings. The molecule has 0 aliphatic carbocycles. The van der Waals surface area contributed by atoms with Crippen LogP contribution >= 0.6 is 27.3 Å². The number of aryl methyl sites for hydroxylation is 3. The minimum atomic E-state index is 0.296. The minimum absolute atomic E-state index is 0.296. The molecule has 108 valence electrons. The van der Waals surface area contributed by atoms with E-state index in [1.54, 1.807) is 0 Å². The molecule has 1 heterocycles. The van der Waals surface area contributed by atoms with Crippen molar-refractivity contribution in [3.63, 3.8) is 0 Å². The Balaban J connectivity index is 2.43. The summed E-state index contributed by atoms with van der Waals surface area (Å²) in [6.07, 6.45) is 1.15. The van der Waals surface area contributed by atoms with Crippen molar-refractivity contribution < 1.29 is 0 Å². The lowest BCUT2D eigenvalue weighted by Gasteiger charge is -2.20. The third kappa shape index (κ3) is 3.51. The van der Waals surface area contributed by atoms with E-state index in [-0.39, 0.29) is 0 Å². The molecule has 0 bridgehead atoms. The fourth-order valence-electron chi connectivity index (χ4n) is 2.35. The van der Waals surface area contributed by atoms with Crippen LogP contribution in [0.1, 0.15) is 45.8 Å². The molecule has 20 heavy (non-hydrogen) atoms. The van der Waals surface area contributed by atoms with Gasteiger partial charge in [0.25, 0.3) is 0 Å². The summed E-state index contributed by atoms with van der Waals surface area (Å²) in [5.41, 5.74) is 4.07. The maximum Gasteiger partial charge on any atom is 0.0674 e. The molecule has 2 rings (SSSR count). The molecule has 0 radical (unpaired) electrons. The highest BCUT2D eigenvalue weighted by Crippen LogP contribution is 2.35. The molecule has 0 amide bonds. The molecule has 0 saturated carbocycles. The summed E-state index contributed by atoms with van der Waals surface area (Å²) in [5.74, 6) is 0. The molecule has 1 aromatic heterocycles. The summed E-state index contributed by atoms with van der Waals surface area (Å²) >= 11 is 5.51. The molecule has 1 N–H and O–H groups in total. The van der Waals surface area contributed by atoms with Crippen molar-refractivity contribution in [3.8, 4) is 0 Å². The van der Waals surface area contributed by atoms with Crippen molar-refractivity contribution in [3.05, 3.63) is 55.2 Å². The first kappa shape index (κ1) is 15.7. The van der Waals surface area contributed by atoms with E-state index in [0.717, 1.165) is 13.0 Å². The van der Waals surface area contributed by atoms with E-state index in [4.69, 9.17) is 0 Å². The van der Waals surface area contributed by atoms with E-state index >= 15 is 0 Å². The first-order valence-corrected chi connectivity index (χ1v) is 8.70. The van der Waals surface area contributed by atoms with Crippen LogP contribution in [0.4, 0.5) is 0 Å². The number of halogens is 1. The Morgan fingerprint density at radius 1 is 1.20 bits per heavy atom. The quantitative estimate of drug-likeness (QED) is 0.747. The second kappa shape index (κ2) is 6.88. The molecule has 1 aromatic carbocycles. The highest BCUT2D eigenvalue weighted by Gasteiger charge is 2.18. The van der Waals surface area contributed by atoms with Crippen LogP contribution in [0.5, 0.6) is 0 Å². The van der Waals surface area contributed by atoms with E-state index in [9.17, 15) is 0 Å². The van der Waals surface area contributed by atoms with Crippen molar-refractivity contribution in [2.24, 2.45) is 0 Å². The zero-order valence-corrected chi connectivity index (χ0v) is 15.0. The van der Waals surface area contributed by atoms with Crippen LogP contribution in [0.25, 0.3) is 0 Å². The fraction of sp³-hybridized carbons (Fsp3) is 0.412. The summed E-state index contributed by atoms with van der Waals surface area (Å²) in [5, 5.41) is 3.70. The van der Waals surface area contributed by atoms with Gasteiger partial charge < -0.3 is 5.32 Å². The van der Waals surface area contributed by atoms with Crippen LogP contribution in [0.3, 0.4) is 0 Å². The summed E-state index contributed by atoms with van der Waals surface area (Å²) in [7, 11) is 0. The molecular formula is C17H22BrNS. The molecule has 0 fully saturated rings. The fourth-order valence-corrected chi connectivity index (χ4v) is 4.00. The van der Waals surface area contributed by atoms with Crippen LogP contribution in [0.15, 0.2) is 28.7 Å². The first-order chi connectivity index (χ1) is 9.52. The predicted molar refractivity (Wildman–Crippen MR) is 92.8 cm³/mol. The van der Waals surface area contributed by atoms with Gasteiger partial charge in [-0.2, -0.15) is 0 Å². The number of benzene rings is 1. The third-order valence-electron chi connectivity index (χ3n) is 3.50. The summed E-state index contributed by atoms with van der Waals surface area (Å²) in [6.45, 7) is 9.77. The van der Waals surface area contributed by atoms with Crippen LogP contribution in [0.2, 0.25) is 0 Å². The Labute approximate surface area is 134 Å². The molecule has 1 atom stereocenters. The van der Waals surface area contributed by atoms with Gasteiger partial charge in [0, 0.05) is 14.2 Å². The average molecular weight is 352 g/mol. The maximum absolute atomic E-state index is 3.70. The third-order valence-corrected chi connectivity index (χ3v) is 5.71. The lowest BCUT2D eigenvalue weighted by Crippen LogP contribution is -2.23. The molecule has 0 aliphatic heterocycles. The average Bonchev–Trinajstić information content (AvgIpc) is 2.74. The monoisotopic (exact) mass is 351 g/mol. The summed E-state index contributed by atoms with van der Waals surface area (Å²) in [4.78, 5) is 2.73. The molecule has 0 saturated heterocycles. The Bertz CT molecular complexity index is 569. The van der Waals surface area contributed by atoms with E-state index in [1.165, 1.54) is 30.9 Å². The van der Waals surface area contributed by atoms with Crippen molar-refractivity contribution in [1.29, 1.82) is 0 Å². The van der Waals surface area contributed by atoms with Gasteiger partial charge in [0.1, 0.15) is 0 Å². The van der Waals surface area contributed by atoms with Gasteiger partial charge in [0.15, 0.2) is 0 Å².